The number of hydrogen-bond donors (Lipinski definition) is 8. The van der Waals surface area contributed by atoms with Crippen LogP contribution in [-0.2, 0) is 15.8 Å². The highest BCUT2D eigenvalue weighted by Gasteiger charge is 2.74. The number of likely N-dealkylation sites (tertiary alicyclic amines) is 1. The molecule has 2 aromatic carbocycles. The van der Waals surface area contributed by atoms with Crippen LogP contribution in [0.4, 0.5) is 13.2 Å². The number of nitrogens with zero attached hydrogens (tertiary/aromatic N) is 2. The van der Waals surface area contributed by atoms with Crippen molar-refractivity contribution in [3.63, 3.8) is 0 Å². The van der Waals surface area contributed by atoms with E-state index in [-0.39, 0.29) is 54.5 Å². The van der Waals surface area contributed by atoms with Gasteiger partial charge in [0.15, 0.2) is 17.6 Å². The highest BCUT2D eigenvalue weighted by molar-refractivity contribution is 6.02. The molecule has 4 aliphatic rings. The fraction of sp³-hybridized carbons (Fsp3) is 0.370. The topological polar surface area (TPSA) is 194 Å². The van der Waals surface area contributed by atoms with E-state index in [2.05, 4.69) is 21.3 Å². The van der Waals surface area contributed by atoms with Crippen LogP contribution in [0.15, 0.2) is 48.5 Å². The summed E-state index contributed by atoms with van der Waals surface area (Å²) in [6.45, 7) is -0.479. The first-order chi connectivity index (χ1) is 20.2. The Labute approximate surface area is 242 Å². The van der Waals surface area contributed by atoms with Gasteiger partial charge in [0.05, 0.1) is 24.2 Å². The van der Waals surface area contributed by atoms with Crippen molar-refractivity contribution >= 4 is 29.6 Å². The Hall–Kier alpha value is -4.70. The van der Waals surface area contributed by atoms with Crippen LogP contribution in [-0.4, -0.2) is 92.3 Å². The molecule has 1 spiro atoms. The van der Waals surface area contributed by atoms with Gasteiger partial charge in [-0.05, 0) is 29.3 Å². The Morgan fingerprint density at radius 2 is 1.67 bits per heavy atom. The van der Waals surface area contributed by atoms with Gasteiger partial charge in [-0.25, -0.2) is 0 Å². The molecule has 4 saturated heterocycles. The second kappa shape index (κ2) is 9.67. The van der Waals surface area contributed by atoms with Crippen molar-refractivity contribution in [1.82, 2.24) is 31.1 Å². The van der Waals surface area contributed by atoms with Crippen molar-refractivity contribution in [2.45, 2.75) is 48.6 Å². The second-order valence-corrected chi connectivity index (χ2v) is 10.9. The molecule has 16 heteroatoms. The lowest BCUT2D eigenvalue weighted by molar-refractivity contribution is -0.232. The Bertz CT molecular complexity index is 1530. The van der Waals surface area contributed by atoms with E-state index in [1.54, 1.807) is 0 Å². The Balaban J connectivity index is 1.24. The van der Waals surface area contributed by atoms with Crippen LogP contribution in [0.3, 0.4) is 0 Å². The molecule has 13 nitrogen and oxygen atoms in total. The van der Waals surface area contributed by atoms with Crippen molar-refractivity contribution < 1.29 is 37.8 Å². The van der Waals surface area contributed by atoms with Crippen LogP contribution in [0.2, 0.25) is 0 Å². The molecule has 4 aliphatic heterocycles. The third kappa shape index (κ3) is 4.36. The number of benzene rings is 2. The van der Waals surface area contributed by atoms with Crippen LogP contribution in [0.5, 0.6) is 0 Å². The number of imide groups is 1. The number of rotatable bonds is 5. The van der Waals surface area contributed by atoms with E-state index in [0.717, 1.165) is 11.0 Å². The standard InChI is InChI=1S/C27H27F3N8O5/c28-27(29,30)16-4-2-1-3-15(16)13-5-7-14(8-6-13)22(41)34-18-12-38-24(32)33-17(11-37-19(39)9-10-20(37)40)21-25(38,26(18,42)43)36-23(31)35-21/h1-8,17-18,21,42-43H,9-12H2,(H2,32,33)(H,34,41)(H3,31,35,36)/t17?,18?,21-,25-/m0/s1. The first-order valence-corrected chi connectivity index (χ1v) is 13.4. The van der Waals surface area contributed by atoms with Crippen molar-refractivity contribution in [3.8, 4) is 11.1 Å². The van der Waals surface area contributed by atoms with Gasteiger partial charge in [0.25, 0.3) is 5.91 Å². The fourth-order valence-electron chi connectivity index (χ4n) is 6.38. The monoisotopic (exact) mass is 600 g/mol. The number of carbonyl (C=O) groups is 3. The number of hydrogen-bond acceptors (Lipinski definition) is 7. The Kier molecular flexibility index (Phi) is 6.39. The normalized spacial score (nSPS) is 27.8. The third-order valence-corrected chi connectivity index (χ3v) is 8.43. The van der Waals surface area contributed by atoms with Crippen LogP contribution in [0.25, 0.3) is 11.1 Å². The third-order valence-electron chi connectivity index (χ3n) is 8.43. The van der Waals surface area contributed by atoms with E-state index in [9.17, 15) is 37.8 Å². The minimum absolute atomic E-state index is 0.0327. The predicted molar refractivity (Wildman–Crippen MR) is 143 cm³/mol. The summed E-state index contributed by atoms with van der Waals surface area (Å²) in [5.41, 5.74) is -2.57. The van der Waals surface area contributed by atoms with Crippen molar-refractivity contribution in [2.75, 3.05) is 13.1 Å². The average Bonchev–Trinajstić information content (AvgIpc) is 3.55. The number of guanidine groups is 2. The van der Waals surface area contributed by atoms with Crippen molar-refractivity contribution in [3.05, 3.63) is 59.7 Å². The van der Waals surface area contributed by atoms with Gasteiger partial charge in [0.2, 0.25) is 17.6 Å². The highest BCUT2D eigenvalue weighted by atomic mass is 19.4. The molecule has 3 amide bonds. The van der Waals surface area contributed by atoms with E-state index in [4.69, 9.17) is 10.8 Å². The molecule has 4 heterocycles. The van der Waals surface area contributed by atoms with Crippen molar-refractivity contribution in [2.24, 2.45) is 0 Å². The van der Waals surface area contributed by atoms with Gasteiger partial charge >= 0.3 is 6.18 Å². The lowest BCUT2D eigenvalue weighted by Crippen LogP contribution is -2.81. The molecular formula is C27H27F3N8O5. The summed E-state index contributed by atoms with van der Waals surface area (Å²) in [4.78, 5) is 40.0. The van der Waals surface area contributed by atoms with Crippen LogP contribution >= 0.6 is 0 Å². The molecule has 226 valence electrons. The van der Waals surface area contributed by atoms with E-state index < -0.39 is 59.0 Å². The maximum absolute atomic E-state index is 13.5. The number of carbonyl (C=O) groups excluding carboxylic acids is 3. The summed E-state index contributed by atoms with van der Waals surface area (Å²) in [6.07, 6.45) is -4.49. The molecule has 4 atom stereocenters. The lowest BCUT2D eigenvalue weighted by Gasteiger charge is -2.51. The van der Waals surface area contributed by atoms with Crippen LogP contribution in [0, 0.1) is 10.8 Å². The smallest absolute Gasteiger partial charge is 0.361 e. The largest absolute Gasteiger partial charge is 0.417 e. The lowest BCUT2D eigenvalue weighted by atomic mass is 9.84. The summed E-state index contributed by atoms with van der Waals surface area (Å²) in [7, 11) is 0. The number of aliphatic hydroxyl groups is 2. The summed E-state index contributed by atoms with van der Waals surface area (Å²) < 4.78 is 40.4. The predicted octanol–water partition coefficient (Wildman–Crippen LogP) is -0.285. The first-order valence-electron chi connectivity index (χ1n) is 13.4. The molecule has 8 N–H and O–H groups in total. The quantitative estimate of drug-likeness (QED) is 0.168. The zero-order valence-electron chi connectivity index (χ0n) is 22.3. The Morgan fingerprint density at radius 1 is 1.02 bits per heavy atom. The fourth-order valence-corrected chi connectivity index (χ4v) is 6.38. The number of alkyl halides is 3. The van der Waals surface area contributed by atoms with E-state index in [0.29, 0.717) is 0 Å². The molecule has 0 bridgehead atoms. The molecule has 43 heavy (non-hydrogen) atoms. The second-order valence-electron chi connectivity index (χ2n) is 10.9. The summed E-state index contributed by atoms with van der Waals surface area (Å²) in [5, 5.41) is 50.8. The summed E-state index contributed by atoms with van der Waals surface area (Å²) in [5.74, 6) is -4.95. The molecule has 0 aliphatic carbocycles. The summed E-state index contributed by atoms with van der Waals surface area (Å²) >= 11 is 0. The zero-order valence-corrected chi connectivity index (χ0v) is 22.3. The van der Waals surface area contributed by atoms with Gasteiger partial charge in [-0.1, -0.05) is 30.3 Å². The highest BCUT2D eigenvalue weighted by Crippen LogP contribution is 2.43. The molecule has 0 radical (unpaired) electrons. The minimum atomic E-state index is -4.58. The molecule has 2 aromatic rings. The van der Waals surface area contributed by atoms with Gasteiger partial charge in [-0.15, -0.1) is 0 Å². The van der Waals surface area contributed by atoms with Gasteiger partial charge in [0, 0.05) is 24.9 Å². The number of halogens is 3. The number of nitrogens with one attached hydrogen (secondary N) is 6. The molecule has 4 fully saturated rings. The van der Waals surface area contributed by atoms with Crippen LogP contribution in [0.1, 0.15) is 28.8 Å². The van der Waals surface area contributed by atoms with Crippen molar-refractivity contribution in [1.29, 1.82) is 10.8 Å². The van der Waals surface area contributed by atoms with Crippen LogP contribution < -0.4 is 21.3 Å². The summed E-state index contributed by atoms with van der Waals surface area (Å²) in [6, 6.07) is 7.01. The zero-order chi connectivity index (χ0) is 30.9. The van der Waals surface area contributed by atoms with E-state index >= 15 is 0 Å². The van der Waals surface area contributed by atoms with Gasteiger partial charge in [-0.3, -0.25) is 30.1 Å². The van der Waals surface area contributed by atoms with Gasteiger partial charge in [-0.2, -0.15) is 13.2 Å². The maximum atomic E-state index is 13.5. The average molecular weight is 601 g/mol. The van der Waals surface area contributed by atoms with E-state index in [1.165, 1.54) is 47.4 Å². The number of amides is 3. The first kappa shape index (κ1) is 28.4. The minimum Gasteiger partial charge on any atom is -0.361 e. The maximum Gasteiger partial charge on any atom is 0.417 e. The molecule has 0 saturated carbocycles. The molecular weight excluding hydrogens is 573 g/mol. The van der Waals surface area contributed by atoms with Gasteiger partial charge in [0.1, 0.15) is 6.04 Å². The Morgan fingerprint density at radius 3 is 2.33 bits per heavy atom. The SMILES string of the molecule is N=C1N[C@H]2C(CN3C(=O)CCC3=O)NC(=N)N3CC(NC(=O)c4ccc(-c5ccccc5C(F)(F)F)cc4)C(O)(O)[C@]23N1. The van der Waals surface area contributed by atoms with Gasteiger partial charge < -0.3 is 36.4 Å². The van der Waals surface area contributed by atoms with E-state index in [1.807, 2.05) is 0 Å². The molecule has 2 unspecified atom stereocenters. The molecule has 6 rings (SSSR count). The molecule has 0 aromatic heterocycles.